The van der Waals surface area contributed by atoms with Gasteiger partial charge in [-0.1, -0.05) is 67.1 Å². The summed E-state index contributed by atoms with van der Waals surface area (Å²) in [4.78, 5) is 19.3. The van der Waals surface area contributed by atoms with Gasteiger partial charge < -0.3 is 4.84 Å². The number of benzene rings is 3. The lowest BCUT2D eigenvalue weighted by Crippen LogP contribution is -2.21. The zero-order valence-electron chi connectivity index (χ0n) is 18.3. The van der Waals surface area contributed by atoms with Gasteiger partial charge in [0.1, 0.15) is 0 Å². The van der Waals surface area contributed by atoms with Crippen LogP contribution in [0, 0.1) is 13.8 Å². The predicted molar refractivity (Wildman–Crippen MR) is 126 cm³/mol. The van der Waals surface area contributed by atoms with Crippen LogP contribution in [0.15, 0.2) is 77.7 Å². The molecule has 0 saturated heterocycles. The smallest absolute Gasteiger partial charge is 0.219 e. The third-order valence-corrected chi connectivity index (χ3v) is 7.03. The first-order valence-corrected chi connectivity index (χ1v) is 12.1. The van der Waals surface area contributed by atoms with E-state index in [9.17, 15) is 13.2 Å². The summed E-state index contributed by atoms with van der Waals surface area (Å²) in [6, 6.07) is 21.6. The molecular weight excluding hydrogens is 422 g/mol. The van der Waals surface area contributed by atoms with Crippen LogP contribution in [0.2, 0.25) is 0 Å². The Morgan fingerprint density at radius 3 is 2.22 bits per heavy atom. The summed E-state index contributed by atoms with van der Waals surface area (Å²) in [6.07, 6.45) is 0.899. The molecule has 0 aliphatic rings. The van der Waals surface area contributed by atoms with E-state index in [1.54, 1.807) is 31.2 Å². The van der Waals surface area contributed by atoms with Crippen molar-refractivity contribution < 1.29 is 18.0 Å². The highest BCUT2D eigenvalue weighted by Gasteiger charge is 2.23. The Hall–Kier alpha value is -3.38. The maximum absolute atomic E-state index is 13.4. The van der Waals surface area contributed by atoms with Gasteiger partial charge in [0.2, 0.25) is 15.8 Å². The van der Waals surface area contributed by atoms with E-state index in [1.165, 1.54) is 4.73 Å². The molecule has 3 aromatic carbocycles. The Balaban J connectivity index is 1.71. The van der Waals surface area contributed by atoms with Crippen LogP contribution in [-0.4, -0.2) is 24.9 Å². The van der Waals surface area contributed by atoms with E-state index in [4.69, 9.17) is 4.84 Å². The molecule has 6 heteroatoms. The summed E-state index contributed by atoms with van der Waals surface area (Å²) in [5.41, 5.74) is 4.45. The fraction of sp³-hybridized carbons (Fsp3) is 0.192. The minimum Gasteiger partial charge on any atom is -0.397 e. The van der Waals surface area contributed by atoms with E-state index in [2.05, 4.69) is 6.92 Å². The first-order chi connectivity index (χ1) is 15.3. The Morgan fingerprint density at radius 1 is 0.906 bits per heavy atom. The predicted octanol–water partition coefficient (Wildman–Crippen LogP) is 4.91. The first kappa shape index (κ1) is 21.8. The molecule has 0 radical (unpaired) electrons. The lowest BCUT2D eigenvalue weighted by atomic mass is 9.99. The second kappa shape index (κ2) is 8.63. The number of rotatable bonds is 7. The van der Waals surface area contributed by atoms with Crippen molar-refractivity contribution >= 4 is 26.5 Å². The molecule has 0 N–H and O–H groups in total. The number of carbonyl (C=O) groups is 1. The average molecular weight is 448 g/mol. The fourth-order valence-corrected chi connectivity index (χ4v) is 4.70. The molecule has 0 saturated carbocycles. The maximum atomic E-state index is 13.4. The van der Waals surface area contributed by atoms with Crippen molar-refractivity contribution in [2.75, 3.05) is 5.94 Å². The monoisotopic (exact) mass is 447 g/mol. The summed E-state index contributed by atoms with van der Waals surface area (Å²) in [5, 5.41) is 0.724. The number of nitrogens with zero attached hydrogens (tertiary/aromatic N) is 1. The lowest BCUT2D eigenvalue weighted by Gasteiger charge is -2.11. The third kappa shape index (κ3) is 4.06. The number of para-hydroxylation sites is 1. The summed E-state index contributed by atoms with van der Waals surface area (Å²) >= 11 is 0. The average Bonchev–Trinajstić information content (AvgIpc) is 3.08. The van der Waals surface area contributed by atoms with Gasteiger partial charge in [0, 0.05) is 10.9 Å². The summed E-state index contributed by atoms with van der Waals surface area (Å²) < 4.78 is 27.0. The molecule has 1 aromatic heterocycles. The Bertz CT molecular complexity index is 1380. The number of fused-ring (bicyclic) bond motifs is 1. The maximum Gasteiger partial charge on any atom is 0.219 e. The second-order valence-corrected chi connectivity index (χ2v) is 9.76. The van der Waals surface area contributed by atoms with Crippen LogP contribution < -0.4 is 4.84 Å². The number of aryl methyl sites for hydroxylation is 2. The van der Waals surface area contributed by atoms with E-state index < -0.39 is 15.8 Å². The molecule has 0 fully saturated rings. The standard InChI is InChI=1S/C26H25NO4S/c1-4-20-11-13-21(14-12-20)26(28)25-19(3)27(24-8-6-5-7-23(24)25)31-17-32(29,30)22-15-9-18(2)10-16-22/h5-16H,4,17H2,1-3H3. The van der Waals surface area contributed by atoms with E-state index >= 15 is 0 Å². The van der Waals surface area contributed by atoms with Gasteiger partial charge in [-0.25, -0.2) is 8.42 Å². The van der Waals surface area contributed by atoms with Crippen molar-refractivity contribution in [3.8, 4) is 0 Å². The van der Waals surface area contributed by atoms with Gasteiger partial charge >= 0.3 is 0 Å². The van der Waals surface area contributed by atoms with Gasteiger partial charge in [0.25, 0.3) is 0 Å². The number of aromatic nitrogens is 1. The van der Waals surface area contributed by atoms with E-state index in [0.717, 1.165) is 22.9 Å². The summed E-state index contributed by atoms with van der Waals surface area (Å²) in [5.74, 6) is -0.654. The van der Waals surface area contributed by atoms with Crippen LogP contribution in [0.1, 0.15) is 39.7 Å². The number of carbonyl (C=O) groups excluding carboxylic acids is 1. The molecule has 4 rings (SSSR count). The largest absolute Gasteiger partial charge is 0.397 e. The summed E-state index contributed by atoms with van der Waals surface area (Å²) in [6.45, 7) is 5.74. The van der Waals surface area contributed by atoms with E-state index in [-0.39, 0.29) is 10.7 Å². The van der Waals surface area contributed by atoms with Gasteiger partial charge in [0.15, 0.2) is 5.78 Å². The molecule has 5 nitrogen and oxygen atoms in total. The topological polar surface area (TPSA) is 65.4 Å². The van der Waals surface area contributed by atoms with Crippen LogP contribution in [0.5, 0.6) is 0 Å². The number of hydrogen-bond acceptors (Lipinski definition) is 4. The Morgan fingerprint density at radius 2 is 1.56 bits per heavy atom. The minimum atomic E-state index is -3.66. The van der Waals surface area contributed by atoms with Gasteiger partial charge in [-0.3, -0.25) is 4.79 Å². The highest BCUT2D eigenvalue weighted by molar-refractivity contribution is 7.91. The van der Waals surface area contributed by atoms with Gasteiger partial charge in [-0.2, -0.15) is 4.73 Å². The van der Waals surface area contributed by atoms with E-state index in [0.29, 0.717) is 22.3 Å². The van der Waals surface area contributed by atoms with Gasteiger partial charge in [-0.05, 0) is 44.0 Å². The van der Waals surface area contributed by atoms with Crippen molar-refractivity contribution in [3.05, 3.63) is 101 Å². The Kier molecular flexibility index (Phi) is 5.89. The third-order valence-electron chi connectivity index (χ3n) is 5.63. The number of sulfone groups is 1. The zero-order valence-corrected chi connectivity index (χ0v) is 19.1. The first-order valence-electron chi connectivity index (χ1n) is 10.5. The highest BCUT2D eigenvalue weighted by atomic mass is 32.2. The SMILES string of the molecule is CCc1ccc(C(=O)c2c(C)n(OCS(=O)(=O)c3ccc(C)cc3)c3ccccc23)cc1. The second-order valence-electron chi connectivity index (χ2n) is 7.83. The number of hydrogen-bond donors (Lipinski definition) is 0. The Labute approximate surface area is 188 Å². The molecule has 0 aliphatic heterocycles. The minimum absolute atomic E-state index is 0.120. The van der Waals surface area contributed by atoms with Crippen LogP contribution in [0.3, 0.4) is 0 Å². The lowest BCUT2D eigenvalue weighted by molar-refractivity contribution is 0.103. The molecule has 0 unspecified atom stereocenters. The van der Waals surface area contributed by atoms with Crippen molar-refractivity contribution in [2.45, 2.75) is 32.1 Å². The number of ketones is 1. The fourth-order valence-electron chi connectivity index (χ4n) is 3.76. The quantitative estimate of drug-likeness (QED) is 0.378. The van der Waals surface area contributed by atoms with Crippen LogP contribution >= 0.6 is 0 Å². The van der Waals surface area contributed by atoms with Gasteiger partial charge in [-0.15, -0.1) is 0 Å². The molecule has 0 bridgehead atoms. The molecule has 32 heavy (non-hydrogen) atoms. The zero-order chi connectivity index (χ0) is 22.9. The van der Waals surface area contributed by atoms with Gasteiger partial charge in [0.05, 0.1) is 21.7 Å². The molecular formula is C26H25NO4S. The molecule has 0 amide bonds. The molecule has 0 atom stereocenters. The summed E-state index contributed by atoms with van der Waals surface area (Å²) in [7, 11) is -3.66. The normalized spacial score (nSPS) is 11.6. The molecule has 1 heterocycles. The molecule has 164 valence electrons. The van der Waals surface area contributed by atoms with E-state index in [1.807, 2.05) is 55.5 Å². The molecule has 4 aromatic rings. The van der Waals surface area contributed by atoms with Crippen molar-refractivity contribution in [1.29, 1.82) is 0 Å². The molecule has 0 spiro atoms. The van der Waals surface area contributed by atoms with Crippen LogP contribution in [-0.2, 0) is 16.3 Å². The van der Waals surface area contributed by atoms with Crippen LogP contribution in [0.25, 0.3) is 10.9 Å². The van der Waals surface area contributed by atoms with Crippen molar-refractivity contribution in [1.82, 2.24) is 4.73 Å². The van der Waals surface area contributed by atoms with Crippen LogP contribution in [0.4, 0.5) is 0 Å². The van der Waals surface area contributed by atoms with Crippen molar-refractivity contribution in [2.24, 2.45) is 0 Å². The molecule has 0 aliphatic carbocycles. The highest BCUT2D eigenvalue weighted by Crippen LogP contribution is 2.28. The van der Waals surface area contributed by atoms with Crippen molar-refractivity contribution in [3.63, 3.8) is 0 Å².